The molecule has 0 radical (unpaired) electrons. The van der Waals surface area contributed by atoms with Gasteiger partial charge in [0, 0.05) is 18.2 Å². The summed E-state index contributed by atoms with van der Waals surface area (Å²) in [7, 11) is 4.70. The fraction of sp³-hybridized carbons (Fsp3) is 0.269. The highest BCUT2D eigenvalue weighted by atomic mass is 16.6. The molecule has 0 spiro atoms. The number of rotatable bonds is 10. The lowest BCUT2D eigenvalue weighted by Crippen LogP contribution is -2.61. The Morgan fingerprint density at radius 3 is 2.31 bits per heavy atom. The minimum Gasteiger partial charge on any atom is -0.497 e. The molecule has 3 aromatic carbocycles. The van der Waals surface area contributed by atoms with Gasteiger partial charge in [-0.25, -0.2) is 0 Å². The fourth-order valence-corrected chi connectivity index (χ4v) is 4.22. The van der Waals surface area contributed by atoms with Crippen LogP contribution in [-0.2, 0) is 11.2 Å². The molecular weight excluding hydrogens is 452 g/mol. The van der Waals surface area contributed by atoms with E-state index in [2.05, 4.69) is 0 Å². The summed E-state index contributed by atoms with van der Waals surface area (Å²) in [6.07, 6.45) is -0.240. The van der Waals surface area contributed by atoms with Crippen molar-refractivity contribution >= 4 is 11.6 Å². The molecule has 1 aliphatic heterocycles. The summed E-state index contributed by atoms with van der Waals surface area (Å²) >= 11 is 0. The lowest BCUT2D eigenvalue weighted by molar-refractivity contribution is -0.385. The average molecular weight is 479 g/mol. The van der Waals surface area contributed by atoms with E-state index >= 15 is 0 Å². The minimum atomic E-state index is -0.867. The topological polar surface area (TPSA) is 100 Å². The molecule has 0 aliphatic carbocycles. The van der Waals surface area contributed by atoms with E-state index in [0.29, 0.717) is 24.5 Å². The number of amides is 1. The van der Waals surface area contributed by atoms with Gasteiger partial charge in [-0.2, -0.15) is 0 Å². The SMILES string of the molecule is COc1ccc(CCN2C(=O)[C@H](Oc3cccc([N+](=O)[O-])c3)[C@@H]2c2cccc(OC)c2OC)cc1. The summed E-state index contributed by atoms with van der Waals surface area (Å²) < 4.78 is 22.3. The van der Waals surface area contributed by atoms with Crippen LogP contribution in [0.25, 0.3) is 0 Å². The Morgan fingerprint density at radius 1 is 0.914 bits per heavy atom. The van der Waals surface area contributed by atoms with Crippen LogP contribution >= 0.6 is 0 Å². The molecule has 1 heterocycles. The highest BCUT2D eigenvalue weighted by Crippen LogP contribution is 2.44. The van der Waals surface area contributed by atoms with E-state index in [9.17, 15) is 14.9 Å². The van der Waals surface area contributed by atoms with Crippen molar-refractivity contribution in [1.82, 2.24) is 4.90 Å². The third kappa shape index (κ3) is 4.84. The number of ether oxygens (including phenoxy) is 4. The Morgan fingerprint density at radius 2 is 1.66 bits per heavy atom. The van der Waals surface area contributed by atoms with E-state index in [0.717, 1.165) is 16.9 Å². The molecule has 9 nitrogen and oxygen atoms in total. The van der Waals surface area contributed by atoms with Gasteiger partial charge in [0.2, 0.25) is 6.10 Å². The smallest absolute Gasteiger partial charge is 0.273 e. The van der Waals surface area contributed by atoms with E-state index in [1.807, 2.05) is 36.4 Å². The first-order valence-corrected chi connectivity index (χ1v) is 11.0. The van der Waals surface area contributed by atoms with Crippen molar-refractivity contribution in [2.75, 3.05) is 27.9 Å². The molecule has 9 heteroatoms. The molecule has 182 valence electrons. The van der Waals surface area contributed by atoms with E-state index in [1.54, 1.807) is 38.4 Å². The Hall–Kier alpha value is -4.27. The van der Waals surface area contributed by atoms with Crippen LogP contribution in [0.15, 0.2) is 66.7 Å². The van der Waals surface area contributed by atoms with Crippen molar-refractivity contribution in [2.45, 2.75) is 18.6 Å². The largest absolute Gasteiger partial charge is 0.497 e. The molecule has 1 amide bonds. The molecule has 1 aliphatic rings. The van der Waals surface area contributed by atoms with Gasteiger partial charge in [-0.05, 0) is 36.2 Å². The van der Waals surface area contributed by atoms with Gasteiger partial charge in [0.15, 0.2) is 11.5 Å². The first kappa shape index (κ1) is 23.9. The number of carbonyl (C=O) groups excluding carboxylic acids is 1. The van der Waals surface area contributed by atoms with Crippen molar-refractivity contribution in [2.24, 2.45) is 0 Å². The Kier molecular flexibility index (Phi) is 7.05. The molecule has 4 rings (SSSR count). The molecular formula is C26H26N2O7. The third-order valence-electron chi connectivity index (χ3n) is 5.99. The van der Waals surface area contributed by atoms with Crippen LogP contribution in [0, 0.1) is 10.1 Å². The summed E-state index contributed by atoms with van der Waals surface area (Å²) in [5.41, 5.74) is 1.68. The van der Waals surface area contributed by atoms with Gasteiger partial charge in [0.1, 0.15) is 17.5 Å². The zero-order valence-electron chi connectivity index (χ0n) is 19.7. The number of carbonyl (C=O) groups is 1. The number of non-ortho nitro benzene ring substituents is 1. The molecule has 35 heavy (non-hydrogen) atoms. The lowest BCUT2D eigenvalue weighted by Gasteiger charge is -2.47. The second-order valence-corrected chi connectivity index (χ2v) is 7.95. The molecule has 1 fully saturated rings. The van der Waals surface area contributed by atoms with Crippen LogP contribution in [0.3, 0.4) is 0 Å². The quantitative estimate of drug-likeness (QED) is 0.245. The zero-order chi connectivity index (χ0) is 24.9. The summed E-state index contributed by atoms with van der Waals surface area (Å²) in [6, 6.07) is 18.5. The number of nitro groups is 1. The van der Waals surface area contributed by atoms with Gasteiger partial charge in [0.25, 0.3) is 11.6 Å². The maximum absolute atomic E-state index is 13.2. The van der Waals surface area contributed by atoms with Crippen molar-refractivity contribution in [1.29, 1.82) is 0 Å². The van der Waals surface area contributed by atoms with Crippen LogP contribution in [0.4, 0.5) is 5.69 Å². The van der Waals surface area contributed by atoms with Crippen LogP contribution < -0.4 is 18.9 Å². The van der Waals surface area contributed by atoms with Gasteiger partial charge >= 0.3 is 0 Å². The molecule has 1 saturated heterocycles. The van der Waals surface area contributed by atoms with Gasteiger partial charge < -0.3 is 23.8 Å². The zero-order valence-corrected chi connectivity index (χ0v) is 19.7. The molecule has 0 saturated carbocycles. The summed E-state index contributed by atoms with van der Waals surface area (Å²) in [5, 5.41) is 11.2. The highest BCUT2D eigenvalue weighted by Gasteiger charge is 2.51. The van der Waals surface area contributed by atoms with Gasteiger partial charge in [-0.1, -0.05) is 30.3 Å². The number of hydrogen-bond acceptors (Lipinski definition) is 7. The number of methoxy groups -OCH3 is 3. The number of hydrogen-bond donors (Lipinski definition) is 0. The minimum absolute atomic E-state index is 0.110. The molecule has 0 aromatic heterocycles. The lowest BCUT2D eigenvalue weighted by atomic mass is 9.89. The van der Waals surface area contributed by atoms with Gasteiger partial charge in [-0.3, -0.25) is 14.9 Å². The highest BCUT2D eigenvalue weighted by molar-refractivity contribution is 5.89. The van der Waals surface area contributed by atoms with Crippen LogP contribution in [0.2, 0.25) is 0 Å². The molecule has 3 aromatic rings. The Labute approximate surface area is 202 Å². The number of β-lactam (4-membered cyclic amide) rings is 1. The van der Waals surface area contributed by atoms with Crippen LogP contribution in [-0.4, -0.2) is 49.7 Å². The Bertz CT molecular complexity index is 1210. The van der Waals surface area contributed by atoms with Crippen molar-refractivity contribution in [3.63, 3.8) is 0 Å². The van der Waals surface area contributed by atoms with E-state index in [4.69, 9.17) is 18.9 Å². The van der Waals surface area contributed by atoms with Gasteiger partial charge in [-0.15, -0.1) is 0 Å². The fourth-order valence-electron chi connectivity index (χ4n) is 4.22. The monoisotopic (exact) mass is 478 g/mol. The number of para-hydroxylation sites is 1. The number of nitrogens with zero attached hydrogens (tertiary/aromatic N) is 2. The Balaban J connectivity index is 1.63. The number of benzene rings is 3. The second kappa shape index (κ2) is 10.3. The number of likely N-dealkylation sites (tertiary alicyclic amines) is 1. The molecule has 0 N–H and O–H groups in total. The predicted octanol–water partition coefficient (Wildman–Crippen LogP) is 4.19. The van der Waals surface area contributed by atoms with Gasteiger partial charge in [0.05, 0.1) is 32.3 Å². The summed E-state index contributed by atoms with van der Waals surface area (Å²) in [5.74, 6) is 1.85. The average Bonchev–Trinajstić information content (AvgIpc) is 2.89. The molecule has 0 bridgehead atoms. The van der Waals surface area contributed by atoms with Crippen LogP contribution in [0.1, 0.15) is 17.2 Å². The standard InChI is InChI=1S/C26H26N2O7/c1-32-19-12-10-17(11-13-19)14-15-27-23(21-8-5-9-22(33-2)24(21)34-3)25(26(27)29)35-20-7-4-6-18(16-20)28(30)31/h4-13,16,23,25H,14-15H2,1-3H3/t23-,25+/m0/s1. The van der Waals surface area contributed by atoms with Crippen molar-refractivity contribution in [3.05, 3.63) is 88.0 Å². The van der Waals surface area contributed by atoms with E-state index in [1.165, 1.54) is 18.2 Å². The van der Waals surface area contributed by atoms with Crippen LogP contribution in [0.5, 0.6) is 23.0 Å². The van der Waals surface area contributed by atoms with Crippen molar-refractivity contribution < 1.29 is 28.7 Å². The maximum atomic E-state index is 13.2. The molecule has 0 unspecified atom stereocenters. The maximum Gasteiger partial charge on any atom is 0.273 e. The second-order valence-electron chi connectivity index (χ2n) is 7.95. The summed E-state index contributed by atoms with van der Waals surface area (Å²) in [6.45, 7) is 0.449. The first-order chi connectivity index (χ1) is 17.0. The number of nitro benzene ring substituents is 1. The third-order valence-corrected chi connectivity index (χ3v) is 5.99. The summed E-state index contributed by atoms with van der Waals surface area (Å²) in [4.78, 5) is 25.6. The normalized spacial score (nSPS) is 16.9. The van der Waals surface area contributed by atoms with E-state index in [-0.39, 0.29) is 17.3 Å². The van der Waals surface area contributed by atoms with Crippen molar-refractivity contribution in [3.8, 4) is 23.0 Å². The first-order valence-electron chi connectivity index (χ1n) is 11.0. The van der Waals surface area contributed by atoms with E-state index < -0.39 is 17.1 Å². The predicted molar refractivity (Wildman–Crippen MR) is 128 cm³/mol. The molecule has 2 atom stereocenters.